The van der Waals surface area contributed by atoms with Crippen LogP contribution < -0.4 is 15.4 Å². The van der Waals surface area contributed by atoms with Crippen molar-refractivity contribution in [3.8, 4) is 17.0 Å². The van der Waals surface area contributed by atoms with Crippen molar-refractivity contribution in [3.63, 3.8) is 0 Å². The highest BCUT2D eigenvalue weighted by molar-refractivity contribution is 6.05. The first-order valence-corrected chi connectivity index (χ1v) is 9.77. The van der Waals surface area contributed by atoms with Gasteiger partial charge in [-0.05, 0) is 61.5 Å². The summed E-state index contributed by atoms with van der Waals surface area (Å²) in [5.74, 6) is 0.337. The highest BCUT2D eigenvalue weighted by atomic mass is 16.5. The smallest absolute Gasteiger partial charge is 0.255 e. The number of carbonyl (C=O) groups is 2. The zero-order chi connectivity index (χ0) is 22.0. The van der Waals surface area contributed by atoms with Crippen LogP contribution in [0.5, 0.6) is 5.75 Å². The molecule has 0 spiro atoms. The molecule has 0 aliphatic carbocycles. The minimum absolute atomic E-state index is 0.189. The Kier molecular flexibility index (Phi) is 5.41. The quantitative estimate of drug-likeness (QED) is 0.503. The van der Waals surface area contributed by atoms with Crippen LogP contribution in [0.15, 0.2) is 66.9 Å². The lowest BCUT2D eigenvalue weighted by Gasteiger charge is -2.08. The van der Waals surface area contributed by atoms with Gasteiger partial charge in [0.2, 0.25) is 5.91 Å². The number of nitrogens with zero attached hydrogens (tertiary/aromatic N) is 2. The summed E-state index contributed by atoms with van der Waals surface area (Å²) in [6.07, 6.45) is 1.85. The van der Waals surface area contributed by atoms with Crippen LogP contribution in [0.2, 0.25) is 0 Å². The lowest BCUT2D eigenvalue weighted by Crippen LogP contribution is -2.13. The van der Waals surface area contributed by atoms with Crippen molar-refractivity contribution in [3.05, 3.63) is 78.1 Å². The molecule has 2 aromatic heterocycles. The monoisotopic (exact) mass is 414 g/mol. The van der Waals surface area contributed by atoms with E-state index in [0.717, 1.165) is 28.3 Å². The zero-order valence-electron chi connectivity index (χ0n) is 17.5. The van der Waals surface area contributed by atoms with Crippen molar-refractivity contribution in [2.75, 3.05) is 17.7 Å². The Balaban J connectivity index is 1.60. The van der Waals surface area contributed by atoms with Crippen LogP contribution in [0, 0.1) is 6.92 Å². The van der Waals surface area contributed by atoms with E-state index in [2.05, 4.69) is 10.6 Å². The van der Waals surface area contributed by atoms with Crippen molar-refractivity contribution in [2.45, 2.75) is 13.8 Å². The largest absolute Gasteiger partial charge is 0.497 e. The first-order valence-electron chi connectivity index (χ1n) is 9.77. The van der Waals surface area contributed by atoms with Crippen LogP contribution >= 0.6 is 0 Å². The molecule has 0 atom stereocenters. The molecule has 7 nitrogen and oxygen atoms in total. The number of rotatable bonds is 5. The second-order valence-corrected chi connectivity index (χ2v) is 7.14. The Bertz CT molecular complexity index is 1280. The normalized spacial score (nSPS) is 10.7. The van der Waals surface area contributed by atoms with Gasteiger partial charge in [-0.1, -0.05) is 6.07 Å². The summed E-state index contributed by atoms with van der Waals surface area (Å²) >= 11 is 0. The minimum atomic E-state index is -0.264. The number of amides is 2. The molecule has 0 fully saturated rings. The third kappa shape index (κ3) is 4.25. The zero-order valence-corrected chi connectivity index (χ0v) is 17.5. The maximum absolute atomic E-state index is 12.7. The molecule has 0 bridgehead atoms. The Labute approximate surface area is 179 Å². The van der Waals surface area contributed by atoms with E-state index >= 15 is 0 Å². The number of pyridine rings is 1. The number of aryl methyl sites for hydroxylation is 1. The van der Waals surface area contributed by atoms with Crippen molar-refractivity contribution in [2.24, 2.45) is 0 Å². The molecular formula is C24H22N4O3. The van der Waals surface area contributed by atoms with Gasteiger partial charge in [-0.3, -0.25) is 9.59 Å². The summed E-state index contributed by atoms with van der Waals surface area (Å²) in [5.41, 5.74) is 5.27. The van der Waals surface area contributed by atoms with E-state index in [1.807, 2.05) is 53.9 Å². The minimum Gasteiger partial charge on any atom is -0.497 e. The van der Waals surface area contributed by atoms with Gasteiger partial charge in [-0.2, -0.15) is 0 Å². The first-order chi connectivity index (χ1) is 14.9. The van der Waals surface area contributed by atoms with Gasteiger partial charge in [-0.15, -0.1) is 0 Å². The molecule has 0 radical (unpaired) electrons. The van der Waals surface area contributed by atoms with Crippen LogP contribution in [0.4, 0.5) is 11.4 Å². The summed E-state index contributed by atoms with van der Waals surface area (Å²) in [6, 6.07) is 18.2. The molecule has 4 rings (SSSR count). The van der Waals surface area contributed by atoms with Gasteiger partial charge < -0.3 is 19.8 Å². The van der Waals surface area contributed by atoms with Crippen LogP contribution in [-0.4, -0.2) is 28.3 Å². The number of hydrogen-bond acceptors (Lipinski definition) is 4. The standard InChI is InChI=1S/C24H22N4O3/c1-15-23(17-7-10-21(31-3)11-8-17)27-22-12-9-20(14-28(15)22)26-24(30)18-5-4-6-19(13-18)25-16(2)29/h4-14H,1-3H3,(H,25,29)(H,26,30). The fourth-order valence-electron chi connectivity index (χ4n) is 3.40. The highest BCUT2D eigenvalue weighted by Crippen LogP contribution is 2.27. The second kappa shape index (κ2) is 8.31. The highest BCUT2D eigenvalue weighted by Gasteiger charge is 2.13. The van der Waals surface area contributed by atoms with Gasteiger partial charge in [0.05, 0.1) is 18.5 Å². The molecule has 0 saturated carbocycles. The molecule has 0 unspecified atom stereocenters. The molecule has 31 heavy (non-hydrogen) atoms. The summed E-state index contributed by atoms with van der Waals surface area (Å²) in [4.78, 5) is 28.7. The van der Waals surface area contributed by atoms with Crippen LogP contribution in [-0.2, 0) is 4.79 Å². The van der Waals surface area contributed by atoms with Crippen molar-refractivity contribution < 1.29 is 14.3 Å². The molecule has 156 valence electrons. The molecule has 2 N–H and O–H groups in total. The van der Waals surface area contributed by atoms with E-state index in [9.17, 15) is 9.59 Å². The third-order valence-electron chi connectivity index (χ3n) is 4.92. The van der Waals surface area contributed by atoms with E-state index in [4.69, 9.17) is 9.72 Å². The third-order valence-corrected chi connectivity index (χ3v) is 4.92. The van der Waals surface area contributed by atoms with Crippen molar-refractivity contribution in [1.82, 2.24) is 9.38 Å². The number of aromatic nitrogens is 2. The summed E-state index contributed by atoms with van der Waals surface area (Å²) < 4.78 is 7.17. The Morgan fingerprint density at radius 1 is 0.968 bits per heavy atom. The molecule has 2 aromatic carbocycles. The van der Waals surface area contributed by atoms with Gasteiger partial charge in [-0.25, -0.2) is 4.98 Å². The number of carbonyl (C=O) groups excluding carboxylic acids is 2. The topological polar surface area (TPSA) is 84.7 Å². The fourth-order valence-corrected chi connectivity index (χ4v) is 3.40. The summed E-state index contributed by atoms with van der Waals surface area (Å²) in [6.45, 7) is 3.41. The van der Waals surface area contributed by atoms with Crippen LogP contribution in [0.3, 0.4) is 0 Å². The molecule has 0 aliphatic heterocycles. The van der Waals surface area contributed by atoms with Gasteiger partial charge in [0.15, 0.2) is 0 Å². The average molecular weight is 414 g/mol. The molecular weight excluding hydrogens is 392 g/mol. The number of ether oxygens (including phenoxy) is 1. The van der Waals surface area contributed by atoms with Gasteiger partial charge >= 0.3 is 0 Å². The number of benzene rings is 2. The van der Waals surface area contributed by atoms with Gasteiger partial charge in [0.25, 0.3) is 5.91 Å². The molecule has 7 heteroatoms. The molecule has 4 aromatic rings. The van der Waals surface area contributed by atoms with Crippen LogP contribution in [0.25, 0.3) is 16.9 Å². The summed E-state index contributed by atoms with van der Waals surface area (Å²) in [7, 11) is 1.64. The lowest BCUT2D eigenvalue weighted by molar-refractivity contribution is -0.114. The van der Waals surface area contributed by atoms with Crippen molar-refractivity contribution in [1.29, 1.82) is 0 Å². The number of hydrogen-bond donors (Lipinski definition) is 2. The second-order valence-electron chi connectivity index (χ2n) is 7.14. The van der Waals surface area contributed by atoms with Gasteiger partial charge in [0.1, 0.15) is 11.4 Å². The molecule has 2 amide bonds. The molecule has 0 saturated heterocycles. The van der Waals surface area contributed by atoms with E-state index in [0.29, 0.717) is 16.9 Å². The van der Waals surface area contributed by atoms with Crippen LogP contribution in [0.1, 0.15) is 23.0 Å². The van der Waals surface area contributed by atoms with E-state index in [1.54, 1.807) is 31.4 Å². The van der Waals surface area contributed by atoms with E-state index < -0.39 is 0 Å². The predicted molar refractivity (Wildman–Crippen MR) is 121 cm³/mol. The maximum Gasteiger partial charge on any atom is 0.255 e. The Hall–Kier alpha value is -4.13. The number of methoxy groups -OCH3 is 1. The van der Waals surface area contributed by atoms with E-state index in [1.165, 1.54) is 6.92 Å². The maximum atomic E-state index is 12.7. The predicted octanol–water partition coefficient (Wildman–Crippen LogP) is 4.53. The molecule has 2 heterocycles. The average Bonchev–Trinajstić information content (AvgIpc) is 3.09. The fraction of sp³-hybridized carbons (Fsp3) is 0.125. The molecule has 0 aliphatic rings. The van der Waals surface area contributed by atoms with Gasteiger partial charge in [0, 0.05) is 35.6 Å². The number of fused-ring (bicyclic) bond motifs is 1. The first kappa shape index (κ1) is 20.2. The summed E-state index contributed by atoms with van der Waals surface area (Å²) in [5, 5.41) is 5.59. The Morgan fingerprint density at radius 3 is 2.45 bits per heavy atom. The Morgan fingerprint density at radius 2 is 1.74 bits per heavy atom. The lowest BCUT2D eigenvalue weighted by atomic mass is 10.1. The van der Waals surface area contributed by atoms with E-state index in [-0.39, 0.29) is 11.8 Å². The number of nitrogens with one attached hydrogen (secondary N) is 2. The number of anilines is 2. The SMILES string of the molecule is COc1ccc(-c2nc3ccc(NC(=O)c4cccc(NC(C)=O)c4)cn3c2C)cc1. The van der Waals surface area contributed by atoms with Crippen molar-refractivity contribution >= 4 is 28.8 Å². The number of imidazole rings is 1.